The lowest BCUT2D eigenvalue weighted by Crippen LogP contribution is -2.30. The minimum Gasteiger partial charge on any atom is -0.331 e. The van der Waals surface area contributed by atoms with E-state index in [1.807, 2.05) is 17.9 Å². The van der Waals surface area contributed by atoms with Gasteiger partial charge in [-0.25, -0.2) is 4.39 Å². The van der Waals surface area contributed by atoms with Crippen molar-refractivity contribution in [2.45, 2.75) is 25.8 Å². The van der Waals surface area contributed by atoms with Gasteiger partial charge in [0.25, 0.3) is 5.91 Å². The smallest absolute Gasteiger partial charge is 0.258 e. The van der Waals surface area contributed by atoms with Crippen molar-refractivity contribution in [3.05, 3.63) is 65.2 Å². The highest BCUT2D eigenvalue weighted by atomic mass is 19.1. The molecule has 0 spiro atoms. The van der Waals surface area contributed by atoms with E-state index < -0.39 is 0 Å². The van der Waals surface area contributed by atoms with Crippen LogP contribution in [0.4, 0.5) is 4.39 Å². The van der Waals surface area contributed by atoms with E-state index in [-0.39, 0.29) is 17.8 Å². The van der Waals surface area contributed by atoms with Gasteiger partial charge < -0.3 is 4.90 Å². The number of aryl methyl sites for hydroxylation is 1. The van der Waals surface area contributed by atoms with Crippen LogP contribution in [0.3, 0.4) is 0 Å². The van der Waals surface area contributed by atoms with E-state index in [4.69, 9.17) is 0 Å². The summed E-state index contributed by atoms with van der Waals surface area (Å²) in [6.45, 7) is 2.58. The van der Waals surface area contributed by atoms with Crippen LogP contribution in [0.25, 0.3) is 5.52 Å². The van der Waals surface area contributed by atoms with Gasteiger partial charge in [0, 0.05) is 12.7 Å². The molecule has 0 radical (unpaired) electrons. The van der Waals surface area contributed by atoms with Gasteiger partial charge in [0.1, 0.15) is 11.3 Å². The zero-order valence-electron chi connectivity index (χ0n) is 13.3. The van der Waals surface area contributed by atoms with E-state index in [0.717, 1.165) is 24.0 Å². The Morgan fingerprint density at radius 3 is 3.00 bits per heavy atom. The molecule has 5 nitrogen and oxygen atoms in total. The fourth-order valence-electron chi connectivity index (χ4n) is 3.50. The first-order chi connectivity index (χ1) is 11.6. The Bertz CT molecular complexity index is 920. The Morgan fingerprint density at radius 2 is 2.17 bits per heavy atom. The fraction of sp³-hybridized carbons (Fsp3) is 0.278. The van der Waals surface area contributed by atoms with E-state index in [2.05, 4.69) is 10.2 Å². The Balaban J connectivity index is 1.71. The third-order valence-electron chi connectivity index (χ3n) is 4.64. The average molecular weight is 324 g/mol. The van der Waals surface area contributed by atoms with Crippen LogP contribution in [0.5, 0.6) is 0 Å². The number of fused-ring (bicyclic) bond motifs is 1. The molecule has 0 saturated carbocycles. The van der Waals surface area contributed by atoms with Gasteiger partial charge in [-0.3, -0.25) is 4.79 Å². The van der Waals surface area contributed by atoms with E-state index in [1.165, 1.54) is 16.8 Å². The van der Waals surface area contributed by atoms with Crippen molar-refractivity contribution in [3.63, 3.8) is 0 Å². The van der Waals surface area contributed by atoms with Gasteiger partial charge in [0.2, 0.25) is 0 Å². The molecule has 122 valence electrons. The maximum atomic E-state index is 13.4. The lowest BCUT2D eigenvalue weighted by atomic mass is 9.99. The summed E-state index contributed by atoms with van der Waals surface area (Å²) in [4.78, 5) is 14.9. The molecule has 1 atom stereocenters. The van der Waals surface area contributed by atoms with Gasteiger partial charge >= 0.3 is 0 Å². The number of hydrogen-bond donors (Lipinski definition) is 0. The molecule has 0 N–H and O–H groups in total. The summed E-state index contributed by atoms with van der Waals surface area (Å²) in [6.07, 6.45) is 5.02. The Kier molecular flexibility index (Phi) is 3.52. The Labute approximate surface area is 138 Å². The molecule has 1 aliphatic heterocycles. The second-order valence-electron chi connectivity index (χ2n) is 6.11. The lowest BCUT2D eigenvalue weighted by Gasteiger charge is -2.26. The maximum absolute atomic E-state index is 13.4. The summed E-state index contributed by atoms with van der Waals surface area (Å²) < 4.78 is 14.8. The zero-order chi connectivity index (χ0) is 16.7. The average Bonchev–Trinajstić information content (AvgIpc) is 3.21. The number of hydrogen-bond acceptors (Lipinski definition) is 3. The molecule has 1 unspecified atom stereocenters. The standard InChI is InChI=1S/C18H17FN4O/c1-12-10-13(19)6-7-14(12)16-5-3-9-22(16)18(24)15-11-21-23-17(15)4-2-8-20-23/h2,4,6-8,10-11,16H,3,5,9H2,1H3. The maximum Gasteiger partial charge on any atom is 0.258 e. The molecule has 1 amide bonds. The van der Waals surface area contributed by atoms with Gasteiger partial charge in [-0.1, -0.05) is 6.07 Å². The SMILES string of the molecule is Cc1cc(F)ccc1C1CCCN1C(=O)c1cnn2ncccc12. The number of carbonyl (C=O) groups is 1. The molecule has 1 fully saturated rings. The monoisotopic (exact) mass is 324 g/mol. The van der Waals surface area contributed by atoms with Crippen molar-refractivity contribution >= 4 is 11.4 Å². The molecule has 3 heterocycles. The highest BCUT2D eigenvalue weighted by Crippen LogP contribution is 2.35. The van der Waals surface area contributed by atoms with E-state index in [0.29, 0.717) is 17.6 Å². The van der Waals surface area contributed by atoms with Crippen LogP contribution in [-0.4, -0.2) is 32.2 Å². The van der Waals surface area contributed by atoms with Crippen molar-refractivity contribution in [1.29, 1.82) is 0 Å². The van der Waals surface area contributed by atoms with Crippen molar-refractivity contribution in [1.82, 2.24) is 19.7 Å². The molecule has 2 aromatic heterocycles. The second-order valence-corrected chi connectivity index (χ2v) is 6.11. The summed E-state index contributed by atoms with van der Waals surface area (Å²) in [7, 11) is 0. The van der Waals surface area contributed by atoms with Gasteiger partial charge in [0.05, 0.1) is 17.8 Å². The number of nitrogens with zero attached hydrogens (tertiary/aromatic N) is 4. The predicted octanol–water partition coefficient (Wildman–Crippen LogP) is 3.15. The number of amides is 1. The van der Waals surface area contributed by atoms with E-state index in [9.17, 15) is 9.18 Å². The van der Waals surface area contributed by atoms with Gasteiger partial charge in [-0.05, 0) is 55.2 Å². The first-order valence-corrected chi connectivity index (χ1v) is 8.01. The zero-order valence-corrected chi connectivity index (χ0v) is 13.3. The molecule has 6 heteroatoms. The third-order valence-corrected chi connectivity index (χ3v) is 4.64. The lowest BCUT2D eigenvalue weighted by molar-refractivity contribution is 0.0737. The molecular weight excluding hydrogens is 307 g/mol. The number of rotatable bonds is 2. The molecule has 0 bridgehead atoms. The number of halogens is 1. The van der Waals surface area contributed by atoms with Crippen molar-refractivity contribution < 1.29 is 9.18 Å². The molecule has 3 aromatic rings. The third kappa shape index (κ3) is 2.35. The van der Waals surface area contributed by atoms with Crippen LogP contribution in [-0.2, 0) is 0 Å². The molecule has 4 rings (SSSR count). The summed E-state index contributed by atoms with van der Waals surface area (Å²) in [5, 5.41) is 8.25. The molecule has 0 aliphatic carbocycles. The summed E-state index contributed by atoms with van der Waals surface area (Å²) in [5.74, 6) is -0.301. The normalized spacial score (nSPS) is 17.6. The summed E-state index contributed by atoms with van der Waals surface area (Å²) >= 11 is 0. The van der Waals surface area contributed by atoms with Crippen LogP contribution in [0, 0.1) is 12.7 Å². The first-order valence-electron chi connectivity index (χ1n) is 8.01. The largest absolute Gasteiger partial charge is 0.331 e. The molecular formula is C18H17FN4O. The number of carbonyl (C=O) groups excluding carboxylic acids is 1. The van der Waals surface area contributed by atoms with Crippen molar-refractivity contribution in [2.24, 2.45) is 0 Å². The van der Waals surface area contributed by atoms with Crippen LogP contribution in [0.1, 0.15) is 40.4 Å². The van der Waals surface area contributed by atoms with E-state index in [1.54, 1.807) is 24.5 Å². The minimum absolute atomic E-state index is 0.0234. The summed E-state index contributed by atoms with van der Waals surface area (Å²) in [6, 6.07) is 8.38. The number of likely N-dealkylation sites (tertiary alicyclic amines) is 1. The second kappa shape index (κ2) is 5.70. The van der Waals surface area contributed by atoms with Crippen LogP contribution >= 0.6 is 0 Å². The molecule has 1 aliphatic rings. The quantitative estimate of drug-likeness (QED) is 0.727. The van der Waals surface area contributed by atoms with Crippen molar-refractivity contribution in [3.8, 4) is 0 Å². The minimum atomic E-state index is -0.249. The fourth-order valence-corrected chi connectivity index (χ4v) is 3.50. The predicted molar refractivity (Wildman–Crippen MR) is 87.1 cm³/mol. The highest BCUT2D eigenvalue weighted by molar-refractivity contribution is 6.00. The Hall–Kier alpha value is -2.76. The molecule has 1 saturated heterocycles. The first kappa shape index (κ1) is 14.8. The highest BCUT2D eigenvalue weighted by Gasteiger charge is 2.32. The summed E-state index contributed by atoms with van der Waals surface area (Å²) in [5.41, 5.74) is 3.14. The molecule has 24 heavy (non-hydrogen) atoms. The van der Waals surface area contributed by atoms with E-state index >= 15 is 0 Å². The van der Waals surface area contributed by atoms with Crippen LogP contribution < -0.4 is 0 Å². The van der Waals surface area contributed by atoms with Gasteiger partial charge in [0.15, 0.2) is 0 Å². The number of benzene rings is 1. The van der Waals surface area contributed by atoms with Crippen LogP contribution in [0.15, 0.2) is 42.7 Å². The molecule has 1 aromatic carbocycles. The topological polar surface area (TPSA) is 50.5 Å². The Morgan fingerprint density at radius 1 is 1.29 bits per heavy atom. The van der Waals surface area contributed by atoms with Gasteiger partial charge in [-0.15, -0.1) is 0 Å². The van der Waals surface area contributed by atoms with Crippen LogP contribution in [0.2, 0.25) is 0 Å². The number of aromatic nitrogens is 3. The van der Waals surface area contributed by atoms with Gasteiger partial charge in [-0.2, -0.15) is 14.8 Å². The van der Waals surface area contributed by atoms with Crippen molar-refractivity contribution in [2.75, 3.05) is 6.54 Å².